The van der Waals surface area contributed by atoms with Gasteiger partial charge in [0.25, 0.3) is 0 Å². The van der Waals surface area contributed by atoms with Crippen LogP contribution in [0.5, 0.6) is 0 Å². The number of urea groups is 1. The molecule has 2 N–H and O–H groups in total. The first kappa shape index (κ1) is 21.8. The minimum atomic E-state index is -0.388. The van der Waals surface area contributed by atoms with Crippen molar-refractivity contribution in [3.05, 3.63) is 54.1 Å². The highest BCUT2D eigenvalue weighted by Crippen LogP contribution is 2.36. The zero-order valence-electron chi connectivity index (χ0n) is 18.8. The Hall–Kier alpha value is -4.01. The number of carbonyl (C=O) groups excluding carboxylic acids is 1. The molecule has 34 heavy (non-hydrogen) atoms. The fraction of sp³-hybridized carbons (Fsp3) is 0.348. The third kappa shape index (κ3) is 4.16. The maximum absolute atomic E-state index is 12.5. The highest BCUT2D eigenvalue weighted by atomic mass is 16.6. The fourth-order valence-corrected chi connectivity index (χ4v) is 4.33. The van der Waals surface area contributed by atoms with E-state index in [9.17, 15) is 4.79 Å². The van der Waals surface area contributed by atoms with Gasteiger partial charge in [-0.05, 0) is 52.9 Å². The first-order valence-electron chi connectivity index (χ1n) is 10.9. The number of carbonyl (C=O) groups is 1. The molecular formula is C23H24N8O3. The van der Waals surface area contributed by atoms with Gasteiger partial charge in [-0.3, -0.25) is 0 Å². The Bertz CT molecular complexity index is 1220. The number of rotatable bonds is 5. The quantitative estimate of drug-likeness (QED) is 0.590. The van der Waals surface area contributed by atoms with Crippen molar-refractivity contribution in [2.45, 2.75) is 24.3 Å². The first-order valence-corrected chi connectivity index (χ1v) is 10.9. The van der Waals surface area contributed by atoms with Crippen LogP contribution < -0.4 is 15.5 Å². The molecule has 2 amide bonds. The van der Waals surface area contributed by atoms with Gasteiger partial charge in [0.1, 0.15) is 18.2 Å². The van der Waals surface area contributed by atoms with Gasteiger partial charge >= 0.3 is 6.03 Å². The second kappa shape index (κ2) is 9.09. The van der Waals surface area contributed by atoms with Crippen LogP contribution >= 0.6 is 0 Å². The van der Waals surface area contributed by atoms with Gasteiger partial charge in [0.2, 0.25) is 0 Å². The van der Waals surface area contributed by atoms with Crippen molar-refractivity contribution < 1.29 is 14.3 Å². The molecule has 2 saturated heterocycles. The van der Waals surface area contributed by atoms with Crippen LogP contribution in [0.15, 0.2) is 48.5 Å². The molecule has 2 aromatic carbocycles. The summed E-state index contributed by atoms with van der Waals surface area (Å²) in [6.45, 7) is 0.680. The number of anilines is 2. The van der Waals surface area contributed by atoms with Crippen LogP contribution in [-0.2, 0) is 9.47 Å². The number of nitrogens with zero attached hydrogens (tertiary/aromatic N) is 6. The Morgan fingerprint density at radius 2 is 1.94 bits per heavy atom. The van der Waals surface area contributed by atoms with Crippen LogP contribution in [0.4, 0.5) is 16.2 Å². The molecule has 0 radical (unpaired) electrons. The monoisotopic (exact) mass is 460 g/mol. The Kier molecular flexibility index (Phi) is 5.83. The number of fused-ring (bicyclic) bond motifs is 1. The first-order chi connectivity index (χ1) is 16.5. The Labute approximate surface area is 196 Å². The number of nitrogens with one attached hydrogen (secondary N) is 2. The van der Waals surface area contributed by atoms with E-state index < -0.39 is 0 Å². The van der Waals surface area contributed by atoms with E-state index in [-0.39, 0.29) is 30.3 Å². The third-order valence-electron chi connectivity index (χ3n) is 6.04. The lowest BCUT2D eigenvalue weighted by atomic mass is 10.1. The van der Waals surface area contributed by atoms with Crippen molar-refractivity contribution in [2.24, 2.45) is 0 Å². The van der Waals surface area contributed by atoms with E-state index in [0.29, 0.717) is 30.3 Å². The summed E-state index contributed by atoms with van der Waals surface area (Å²) in [7, 11) is 3.97. The molecule has 2 aliphatic heterocycles. The Morgan fingerprint density at radius 1 is 1.15 bits per heavy atom. The van der Waals surface area contributed by atoms with Crippen LogP contribution in [0.3, 0.4) is 0 Å². The smallest absolute Gasteiger partial charge is 0.319 e. The molecule has 11 nitrogen and oxygen atoms in total. The molecule has 2 aliphatic rings. The highest BCUT2D eigenvalue weighted by molar-refractivity contribution is 5.89. The summed E-state index contributed by atoms with van der Waals surface area (Å²) in [5.74, 6) is 0.634. The minimum absolute atomic E-state index is 0.217. The molecule has 174 valence electrons. The van der Waals surface area contributed by atoms with Crippen LogP contribution in [0.1, 0.15) is 11.6 Å². The molecule has 3 aromatic rings. The Morgan fingerprint density at radius 3 is 2.71 bits per heavy atom. The van der Waals surface area contributed by atoms with Crippen LogP contribution in [0, 0.1) is 11.3 Å². The second-order valence-corrected chi connectivity index (χ2v) is 8.45. The lowest BCUT2D eigenvalue weighted by Gasteiger charge is -2.18. The van der Waals surface area contributed by atoms with Gasteiger partial charge in [0.05, 0.1) is 30.9 Å². The molecule has 2 fully saturated rings. The zero-order valence-corrected chi connectivity index (χ0v) is 18.8. The lowest BCUT2D eigenvalue weighted by Crippen LogP contribution is -2.45. The second-order valence-electron chi connectivity index (χ2n) is 8.45. The van der Waals surface area contributed by atoms with Crippen LogP contribution in [-0.4, -0.2) is 71.8 Å². The van der Waals surface area contributed by atoms with Crippen molar-refractivity contribution in [2.75, 3.05) is 37.5 Å². The molecular weight excluding hydrogens is 436 g/mol. The third-order valence-corrected chi connectivity index (χ3v) is 6.04. The van der Waals surface area contributed by atoms with E-state index in [1.807, 2.05) is 43.3 Å². The fourth-order valence-electron chi connectivity index (χ4n) is 4.33. The molecule has 11 heteroatoms. The zero-order chi connectivity index (χ0) is 23.7. The maximum Gasteiger partial charge on any atom is 0.319 e. The molecule has 1 aromatic heterocycles. The summed E-state index contributed by atoms with van der Waals surface area (Å²) in [6, 6.07) is 15.8. The van der Waals surface area contributed by atoms with E-state index in [2.05, 4.69) is 32.2 Å². The number of benzene rings is 2. The van der Waals surface area contributed by atoms with Gasteiger partial charge < -0.3 is 25.0 Å². The number of aromatic nitrogens is 4. The molecule has 0 saturated carbocycles. The van der Waals surface area contributed by atoms with Gasteiger partial charge in [-0.15, -0.1) is 5.10 Å². The van der Waals surface area contributed by atoms with E-state index in [0.717, 1.165) is 11.3 Å². The summed E-state index contributed by atoms with van der Waals surface area (Å²) in [5.41, 5.74) is 2.98. The van der Waals surface area contributed by atoms with E-state index in [1.165, 1.54) is 0 Å². The average molecular weight is 460 g/mol. The summed E-state index contributed by atoms with van der Waals surface area (Å²) in [5, 5.41) is 27.0. The largest absolute Gasteiger partial charge is 0.378 e. The van der Waals surface area contributed by atoms with Crippen molar-refractivity contribution in [3.63, 3.8) is 0 Å². The average Bonchev–Trinajstić information content (AvgIpc) is 3.57. The van der Waals surface area contributed by atoms with Gasteiger partial charge in [0.15, 0.2) is 5.82 Å². The van der Waals surface area contributed by atoms with E-state index in [1.54, 1.807) is 28.9 Å². The van der Waals surface area contributed by atoms with Gasteiger partial charge in [0, 0.05) is 31.0 Å². The van der Waals surface area contributed by atoms with Crippen LogP contribution in [0.2, 0.25) is 0 Å². The van der Waals surface area contributed by atoms with Gasteiger partial charge in [-0.25, -0.2) is 9.48 Å². The van der Waals surface area contributed by atoms with E-state index >= 15 is 0 Å². The topological polar surface area (TPSA) is 130 Å². The summed E-state index contributed by atoms with van der Waals surface area (Å²) in [4.78, 5) is 14.5. The highest BCUT2D eigenvalue weighted by Gasteiger charge is 2.50. The Balaban J connectivity index is 1.26. The molecule has 0 aliphatic carbocycles. The van der Waals surface area contributed by atoms with Crippen molar-refractivity contribution in [1.29, 1.82) is 5.26 Å². The van der Waals surface area contributed by atoms with Crippen LogP contribution in [0.25, 0.3) is 11.4 Å². The number of ether oxygens (including phenoxy) is 2. The minimum Gasteiger partial charge on any atom is -0.378 e. The molecule has 3 heterocycles. The maximum atomic E-state index is 12.5. The molecule has 0 bridgehead atoms. The van der Waals surface area contributed by atoms with Crippen molar-refractivity contribution in [3.8, 4) is 17.5 Å². The number of tetrazole rings is 1. The number of hydrogen-bond acceptors (Lipinski definition) is 8. The number of amides is 2. The predicted octanol–water partition coefficient (Wildman–Crippen LogP) is 1.81. The number of nitriles is 1. The van der Waals surface area contributed by atoms with Gasteiger partial charge in [-0.1, -0.05) is 6.07 Å². The van der Waals surface area contributed by atoms with E-state index in [4.69, 9.17) is 14.7 Å². The van der Waals surface area contributed by atoms with Crippen molar-refractivity contribution in [1.82, 2.24) is 25.5 Å². The molecule has 0 unspecified atom stereocenters. The molecule has 0 spiro atoms. The summed E-state index contributed by atoms with van der Waals surface area (Å²) < 4.78 is 13.8. The van der Waals surface area contributed by atoms with Gasteiger partial charge in [-0.2, -0.15) is 5.26 Å². The number of hydrogen-bond donors (Lipinski definition) is 2. The summed E-state index contributed by atoms with van der Waals surface area (Å²) >= 11 is 0. The van der Waals surface area contributed by atoms with Crippen molar-refractivity contribution >= 4 is 17.4 Å². The molecule has 4 atom stereocenters. The summed E-state index contributed by atoms with van der Waals surface area (Å²) in [6.07, 6.45) is -0.620. The predicted molar refractivity (Wildman–Crippen MR) is 123 cm³/mol. The SMILES string of the molecule is CN(C)c1ccc(-c2nnnn2[C@H]2CO[C@H]3[C@@H]2OC[C@@H]3NC(=O)Nc2cccc(C#N)c2)cc1. The normalized spacial score (nSPS) is 23.2. The lowest BCUT2D eigenvalue weighted by molar-refractivity contribution is 0.0624. The molecule has 5 rings (SSSR count). The standard InChI is InChI=1S/C23H24N8O3/c1-30(2)17-8-6-15(7-9-17)22-27-28-29-31(22)19-13-34-20-18(12-33-21(19)20)26-23(32)25-16-5-3-4-14(10-16)11-24/h3-10,18-21H,12-13H2,1-2H3,(H2,25,26,32)/t18-,19-,20+,21+/m0/s1.